The van der Waals surface area contributed by atoms with Crippen molar-refractivity contribution in [2.24, 2.45) is 0 Å². The third-order valence-corrected chi connectivity index (χ3v) is 2.30. The molecule has 0 atom stereocenters. The van der Waals surface area contributed by atoms with Crippen LogP contribution in [0.1, 0.15) is 11.1 Å². The fourth-order valence-electron chi connectivity index (χ4n) is 1.49. The Kier molecular flexibility index (Phi) is 4.30. The zero-order valence-electron chi connectivity index (χ0n) is 10.2. The lowest BCUT2D eigenvalue weighted by Gasteiger charge is -2.01. The number of ether oxygens (including phenoxy) is 1. The molecule has 0 aliphatic rings. The van der Waals surface area contributed by atoms with E-state index in [-0.39, 0.29) is 5.56 Å². The molecule has 0 bridgehead atoms. The molecule has 0 spiro atoms. The smallest absolute Gasteiger partial charge is 0.348 e. The number of carbonyl (C=O) groups is 1. The Morgan fingerprint density at radius 3 is 2.37 bits per heavy atom. The van der Waals surface area contributed by atoms with E-state index in [0.29, 0.717) is 5.56 Å². The van der Waals surface area contributed by atoms with E-state index >= 15 is 0 Å². The van der Waals surface area contributed by atoms with Gasteiger partial charge in [0.05, 0.1) is 17.0 Å². The first-order chi connectivity index (χ1) is 8.86. The number of nitrogens with zero attached hydrogens (tertiary/aromatic N) is 2. The highest BCUT2D eigenvalue weighted by atomic mass is 16.6. The minimum atomic E-state index is -0.833. The Balaban J connectivity index is 3.33. The molecule has 0 N–H and O–H groups in total. The van der Waals surface area contributed by atoms with Gasteiger partial charge in [-0.15, -0.1) is 0 Å². The molecule has 0 aliphatic carbocycles. The molecule has 1 aromatic rings. The first-order valence-corrected chi connectivity index (χ1v) is 5.06. The normalized spacial score (nSPS) is 10.4. The van der Waals surface area contributed by atoms with Crippen molar-refractivity contribution in [1.29, 1.82) is 0 Å². The van der Waals surface area contributed by atoms with Gasteiger partial charge in [-0.1, -0.05) is 0 Å². The van der Waals surface area contributed by atoms with Crippen molar-refractivity contribution in [3.8, 4) is 0 Å². The van der Waals surface area contributed by atoms with E-state index in [9.17, 15) is 25.0 Å². The Labute approximate surface area is 107 Å². The lowest BCUT2D eigenvalue weighted by molar-refractivity contribution is -0.422. The van der Waals surface area contributed by atoms with Crippen LogP contribution in [0.15, 0.2) is 18.2 Å². The number of esters is 1. The van der Waals surface area contributed by atoms with Crippen LogP contribution in [-0.4, -0.2) is 22.9 Å². The molecule has 0 saturated carbocycles. The van der Waals surface area contributed by atoms with Crippen LogP contribution < -0.4 is 0 Å². The molecule has 1 aromatic carbocycles. The Morgan fingerprint density at radius 2 is 1.89 bits per heavy atom. The Bertz CT molecular complexity index is 579. The number of aryl methyl sites for hydroxylation is 1. The molecule has 0 aromatic heterocycles. The Morgan fingerprint density at radius 1 is 1.26 bits per heavy atom. The summed E-state index contributed by atoms with van der Waals surface area (Å²) in [6.07, 6.45) is 2.36. The Hall–Kier alpha value is -2.77. The molecule has 1 rings (SSSR count). The fourth-order valence-corrected chi connectivity index (χ4v) is 1.49. The van der Waals surface area contributed by atoms with Gasteiger partial charge in [-0.3, -0.25) is 20.2 Å². The van der Waals surface area contributed by atoms with E-state index in [1.165, 1.54) is 26.2 Å². The number of rotatable bonds is 4. The van der Waals surface area contributed by atoms with E-state index in [2.05, 4.69) is 4.74 Å². The van der Waals surface area contributed by atoms with Crippen LogP contribution in [-0.2, 0) is 9.53 Å². The van der Waals surface area contributed by atoms with E-state index in [4.69, 9.17) is 0 Å². The van der Waals surface area contributed by atoms with Crippen LogP contribution in [0.4, 0.5) is 11.4 Å². The van der Waals surface area contributed by atoms with Crippen LogP contribution >= 0.6 is 0 Å². The molecule has 0 fully saturated rings. The minimum Gasteiger partial charge on any atom is -0.466 e. The monoisotopic (exact) mass is 266 g/mol. The van der Waals surface area contributed by atoms with Gasteiger partial charge in [0.2, 0.25) is 0 Å². The second kappa shape index (κ2) is 5.71. The topological polar surface area (TPSA) is 113 Å². The SMILES string of the molecule is COC(=O)C=Cc1cc(C)c([N+](=O)[O-])c([N+](=O)[O-])c1. The summed E-state index contributed by atoms with van der Waals surface area (Å²) in [5.74, 6) is -0.626. The summed E-state index contributed by atoms with van der Waals surface area (Å²) >= 11 is 0. The number of nitro benzene ring substituents is 2. The molecule has 19 heavy (non-hydrogen) atoms. The molecule has 0 amide bonds. The van der Waals surface area contributed by atoms with Crippen LogP contribution in [0.5, 0.6) is 0 Å². The largest absolute Gasteiger partial charge is 0.466 e. The number of hydrogen-bond acceptors (Lipinski definition) is 6. The van der Waals surface area contributed by atoms with Gasteiger partial charge >= 0.3 is 17.3 Å². The third kappa shape index (κ3) is 3.35. The van der Waals surface area contributed by atoms with Crippen molar-refractivity contribution in [2.75, 3.05) is 7.11 Å². The molecular weight excluding hydrogens is 256 g/mol. The van der Waals surface area contributed by atoms with Gasteiger partial charge in [-0.25, -0.2) is 4.79 Å². The van der Waals surface area contributed by atoms with Crippen LogP contribution in [0, 0.1) is 27.2 Å². The van der Waals surface area contributed by atoms with Gasteiger partial charge in [0.1, 0.15) is 0 Å². The summed E-state index contributed by atoms with van der Waals surface area (Å²) in [4.78, 5) is 30.9. The highest BCUT2D eigenvalue weighted by molar-refractivity contribution is 5.87. The van der Waals surface area contributed by atoms with Gasteiger partial charge in [0.15, 0.2) is 0 Å². The van der Waals surface area contributed by atoms with Crippen molar-refractivity contribution in [2.45, 2.75) is 6.92 Å². The lowest BCUT2D eigenvalue weighted by atomic mass is 10.1. The maximum atomic E-state index is 10.9. The van der Waals surface area contributed by atoms with Crippen LogP contribution in [0.3, 0.4) is 0 Å². The van der Waals surface area contributed by atoms with Gasteiger partial charge < -0.3 is 4.74 Å². The van der Waals surface area contributed by atoms with E-state index in [1.54, 1.807) is 0 Å². The highest BCUT2D eigenvalue weighted by Crippen LogP contribution is 2.32. The van der Waals surface area contributed by atoms with Crippen molar-refractivity contribution in [1.82, 2.24) is 0 Å². The predicted molar refractivity (Wildman–Crippen MR) is 65.5 cm³/mol. The first kappa shape index (κ1) is 14.3. The molecule has 0 radical (unpaired) electrons. The standard InChI is InChI=1S/C11H10N2O6/c1-7-5-8(3-4-10(14)19-2)6-9(12(15)16)11(7)13(17)18/h3-6H,1-2H3. The minimum absolute atomic E-state index is 0.142. The zero-order chi connectivity index (χ0) is 14.6. The summed E-state index contributed by atoms with van der Waals surface area (Å²) in [6.45, 7) is 1.39. The third-order valence-electron chi connectivity index (χ3n) is 2.30. The average Bonchev–Trinajstić information content (AvgIpc) is 2.34. The first-order valence-electron chi connectivity index (χ1n) is 5.06. The van der Waals surface area contributed by atoms with E-state index in [0.717, 1.165) is 12.1 Å². The number of benzene rings is 1. The molecular formula is C11H10N2O6. The second-order valence-electron chi connectivity index (χ2n) is 3.58. The molecule has 100 valence electrons. The van der Waals surface area contributed by atoms with Gasteiger partial charge in [-0.05, 0) is 24.6 Å². The summed E-state index contributed by atoms with van der Waals surface area (Å²) in [5.41, 5.74) is -0.723. The molecule has 8 nitrogen and oxygen atoms in total. The summed E-state index contributed by atoms with van der Waals surface area (Å²) in [7, 11) is 1.19. The van der Waals surface area contributed by atoms with Gasteiger partial charge in [0, 0.05) is 17.7 Å². The van der Waals surface area contributed by atoms with Crippen molar-refractivity contribution >= 4 is 23.4 Å². The summed E-state index contributed by atoms with van der Waals surface area (Å²) < 4.78 is 4.37. The van der Waals surface area contributed by atoms with Crippen molar-refractivity contribution in [3.63, 3.8) is 0 Å². The number of methoxy groups -OCH3 is 1. The maximum absolute atomic E-state index is 10.9. The fraction of sp³-hybridized carbons (Fsp3) is 0.182. The van der Waals surface area contributed by atoms with Crippen LogP contribution in [0.2, 0.25) is 0 Å². The number of hydrogen-bond donors (Lipinski definition) is 0. The van der Waals surface area contributed by atoms with Gasteiger partial charge in [0.25, 0.3) is 0 Å². The van der Waals surface area contributed by atoms with E-state index < -0.39 is 27.2 Å². The quantitative estimate of drug-likeness (QED) is 0.356. The summed E-state index contributed by atoms with van der Waals surface area (Å²) in [6, 6.07) is 2.41. The van der Waals surface area contributed by atoms with Crippen molar-refractivity contribution in [3.05, 3.63) is 49.6 Å². The van der Waals surface area contributed by atoms with Crippen LogP contribution in [0.25, 0.3) is 6.08 Å². The zero-order valence-corrected chi connectivity index (χ0v) is 10.2. The second-order valence-corrected chi connectivity index (χ2v) is 3.58. The average molecular weight is 266 g/mol. The van der Waals surface area contributed by atoms with E-state index in [1.807, 2.05) is 0 Å². The number of nitro groups is 2. The molecule has 0 heterocycles. The molecule has 0 aliphatic heterocycles. The highest BCUT2D eigenvalue weighted by Gasteiger charge is 2.27. The number of carbonyl (C=O) groups excluding carboxylic acids is 1. The molecule has 8 heteroatoms. The summed E-state index contributed by atoms with van der Waals surface area (Å²) in [5, 5.41) is 21.6. The molecule has 0 saturated heterocycles. The van der Waals surface area contributed by atoms with Gasteiger partial charge in [-0.2, -0.15) is 0 Å². The molecule has 0 unspecified atom stereocenters. The maximum Gasteiger partial charge on any atom is 0.348 e. The van der Waals surface area contributed by atoms with Crippen molar-refractivity contribution < 1.29 is 19.4 Å². The lowest BCUT2D eigenvalue weighted by Crippen LogP contribution is -2.00. The predicted octanol–water partition coefficient (Wildman–Crippen LogP) is 2.00.